The van der Waals surface area contributed by atoms with Gasteiger partial charge < -0.3 is 19.3 Å². The molecular formula is C22H23F3N2O4. The Morgan fingerprint density at radius 2 is 1.26 bits per heavy atom. The number of halogens is 3. The highest BCUT2D eigenvalue weighted by atomic mass is 19.4. The molecule has 0 N–H and O–H groups in total. The van der Waals surface area contributed by atoms with Crippen molar-refractivity contribution in [3.05, 3.63) is 59.2 Å². The molecule has 0 aliphatic carbocycles. The van der Waals surface area contributed by atoms with Crippen LogP contribution in [0.15, 0.2) is 42.5 Å². The van der Waals surface area contributed by atoms with Crippen LogP contribution in [0.1, 0.15) is 32.7 Å². The highest BCUT2D eigenvalue weighted by molar-refractivity contribution is 5.96. The molecule has 0 atom stereocenters. The Labute approximate surface area is 178 Å². The van der Waals surface area contributed by atoms with Crippen molar-refractivity contribution >= 4 is 11.8 Å². The minimum absolute atomic E-state index is 0.185. The van der Waals surface area contributed by atoms with E-state index in [4.69, 9.17) is 9.47 Å². The average Bonchev–Trinajstić information content (AvgIpc) is 3.03. The second-order valence-corrected chi connectivity index (χ2v) is 7.11. The molecule has 1 heterocycles. The number of carbonyl (C=O) groups excluding carboxylic acids is 2. The summed E-state index contributed by atoms with van der Waals surface area (Å²) in [5.41, 5.74) is -0.200. The van der Waals surface area contributed by atoms with Gasteiger partial charge in [-0.15, -0.1) is 0 Å². The molecule has 2 aromatic rings. The van der Waals surface area contributed by atoms with Gasteiger partial charge in [0.15, 0.2) is 0 Å². The fourth-order valence-electron chi connectivity index (χ4n) is 3.42. The lowest BCUT2D eigenvalue weighted by atomic mass is 10.1. The fourth-order valence-corrected chi connectivity index (χ4v) is 3.42. The summed E-state index contributed by atoms with van der Waals surface area (Å²) in [6.07, 6.45) is -3.90. The van der Waals surface area contributed by atoms with Crippen LogP contribution < -0.4 is 9.47 Å². The normalized spacial score (nSPS) is 14.7. The van der Waals surface area contributed by atoms with E-state index >= 15 is 0 Å². The van der Waals surface area contributed by atoms with Gasteiger partial charge in [0.05, 0.1) is 19.8 Å². The first-order valence-electron chi connectivity index (χ1n) is 9.72. The maximum atomic E-state index is 13.0. The zero-order chi connectivity index (χ0) is 22.6. The summed E-state index contributed by atoms with van der Waals surface area (Å²) in [7, 11) is 3.00. The van der Waals surface area contributed by atoms with Gasteiger partial charge in [0.1, 0.15) is 11.5 Å². The van der Waals surface area contributed by atoms with Crippen molar-refractivity contribution in [1.29, 1.82) is 0 Å². The Morgan fingerprint density at radius 1 is 0.774 bits per heavy atom. The summed E-state index contributed by atoms with van der Waals surface area (Å²) >= 11 is 0. The minimum atomic E-state index is -4.45. The molecule has 0 bridgehead atoms. The summed E-state index contributed by atoms with van der Waals surface area (Å²) in [5, 5.41) is 0. The Hall–Kier alpha value is -3.23. The van der Waals surface area contributed by atoms with E-state index < -0.39 is 11.7 Å². The van der Waals surface area contributed by atoms with Gasteiger partial charge in [-0.3, -0.25) is 9.59 Å². The lowest BCUT2D eigenvalue weighted by Crippen LogP contribution is -2.37. The van der Waals surface area contributed by atoms with Gasteiger partial charge >= 0.3 is 6.18 Å². The topological polar surface area (TPSA) is 59.1 Å². The highest BCUT2D eigenvalue weighted by Gasteiger charge is 2.31. The van der Waals surface area contributed by atoms with E-state index in [-0.39, 0.29) is 23.9 Å². The molecule has 6 nitrogen and oxygen atoms in total. The van der Waals surface area contributed by atoms with E-state index in [0.29, 0.717) is 43.1 Å². The summed E-state index contributed by atoms with van der Waals surface area (Å²) < 4.78 is 48.6. The molecule has 0 aromatic heterocycles. The SMILES string of the molecule is COc1cc(OC)cc(C(=O)N2CCCN(C(=O)c3ccc(C(F)(F)F)cc3)CC2)c1. The van der Waals surface area contributed by atoms with Crippen LogP contribution in [0.4, 0.5) is 13.2 Å². The van der Waals surface area contributed by atoms with Gasteiger partial charge in [0, 0.05) is 43.4 Å². The van der Waals surface area contributed by atoms with Crippen LogP contribution in [-0.4, -0.2) is 62.0 Å². The third-order valence-corrected chi connectivity index (χ3v) is 5.13. The Balaban J connectivity index is 1.69. The first-order chi connectivity index (χ1) is 14.7. The number of amides is 2. The lowest BCUT2D eigenvalue weighted by molar-refractivity contribution is -0.137. The van der Waals surface area contributed by atoms with Gasteiger partial charge in [0.2, 0.25) is 0 Å². The van der Waals surface area contributed by atoms with E-state index in [1.807, 2.05) is 0 Å². The maximum absolute atomic E-state index is 13.0. The van der Waals surface area contributed by atoms with Crippen LogP contribution in [-0.2, 0) is 6.18 Å². The van der Waals surface area contributed by atoms with Gasteiger partial charge in [-0.2, -0.15) is 13.2 Å². The molecule has 2 aromatic carbocycles. The summed E-state index contributed by atoms with van der Waals surface area (Å²) in [4.78, 5) is 28.9. The molecule has 0 saturated carbocycles. The second kappa shape index (κ2) is 9.28. The summed E-state index contributed by atoms with van der Waals surface area (Å²) in [6.45, 7) is 1.46. The number of carbonyl (C=O) groups is 2. The molecule has 3 rings (SSSR count). The molecule has 1 aliphatic heterocycles. The number of alkyl halides is 3. The zero-order valence-corrected chi connectivity index (χ0v) is 17.2. The first-order valence-corrected chi connectivity index (χ1v) is 9.72. The van der Waals surface area contributed by atoms with E-state index in [0.717, 1.165) is 12.1 Å². The van der Waals surface area contributed by atoms with Crippen LogP contribution in [0.25, 0.3) is 0 Å². The van der Waals surface area contributed by atoms with Crippen LogP contribution in [0.2, 0.25) is 0 Å². The minimum Gasteiger partial charge on any atom is -0.497 e. The molecule has 0 unspecified atom stereocenters. The number of nitrogens with zero attached hydrogens (tertiary/aromatic N) is 2. The number of benzene rings is 2. The summed E-state index contributed by atoms with van der Waals surface area (Å²) in [6, 6.07) is 9.09. The van der Waals surface area contributed by atoms with Gasteiger partial charge in [-0.1, -0.05) is 0 Å². The van der Waals surface area contributed by atoms with Crippen LogP contribution in [0.3, 0.4) is 0 Å². The van der Waals surface area contributed by atoms with Crippen molar-refractivity contribution in [2.75, 3.05) is 40.4 Å². The largest absolute Gasteiger partial charge is 0.497 e. The number of hydrogen-bond donors (Lipinski definition) is 0. The van der Waals surface area contributed by atoms with E-state index in [2.05, 4.69) is 0 Å². The predicted molar refractivity (Wildman–Crippen MR) is 107 cm³/mol. The van der Waals surface area contributed by atoms with Crippen molar-refractivity contribution in [2.24, 2.45) is 0 Å². The molecule has 0 spiro atoms. The molecule has 2 amide bonds. The number of ether oxygens (including phenoxy) is 2. The van der Waals surface area contributed by atoms with Crippen LogP contribution >= 0.6 is 0 Å². The van der Waals surface area contributed by atoms with Gasteiger partial charge in [-0.25, -0.2) is 0 Å². The standard InChI is InChI=1S/C22H23F3N2O4/c1-30-18-12-16(13-19(14-18)31-2)21(29)27-9-3-8-26(10-11-27)20(28)15-4-6-17(7-5-15)22(23,24)25/h4-7,12-14H,3,8-11H2,1-2H3. The van der Waals surface area contributed by atoms with Gasteiger partial charge in [0.25, 0.3) is 11.8 Å². The lowest BCUT2D eigenvalue weighted by Gasteiger charge is -2.23. The van der Waals surface area contributed by atoms with E-state index in [1.54, 1.807) is 28.0 Å². The number of methoxy groups -OCH3 is 2. The Bertz CT molecular complexity index is 923. The highest BCUT2D eigenvalue weighted by Crippen LogP contribution is 2.29. The Morgan fingerprint density at radius 3 is 1.71 bits per heavy atom. The van der Waals surface area contributed by atoms with Crippen molar-refractivity contribution in [3.63, 3.8) is 0 Å². The monoisotopic (exact) mass is 436 g/mol. The summed E-state index contributed by atoms with van der Waals surface area (Å²) in [5.74, 6) is 0.431. The smallest absolute Gasteiger partial charge is 0.416 e. The fraction of sp³-hybridized carbons (Fsp3) is 0.364. The van der Waals surface area contributed by atoms with Crippen molar-refractivity contribution in [1.82, 2.24) is 9.80 Å². The number of rotatable bonds is 4. The molecule has 1 aliphatic rings. The second-order valence-electron chi connectivity index (χ2n) is 7.11. The van der Waals surface area contributed by atoms with Crippen LogP contribution in [0.5, 0.6) is 11.5 Å². The third-order valence-electron chi connectivity index (χ3n) is 5.13. The zero-order valence-electron chi connectivity index (χ0n) is 17.2. The molecule has 1 fully saturated rings. The number of hydrogen-bond acceptors (Lipinski definition) is 4. The quantitative estimate of drug-likeness (QED) is 0.733. The predicted octanol–water partition coefficient (Wildman–Crippen LogP) is 3.71. The molecule has 9 heteroatoms. The average molecular weight is 436 g/mol. The molecule has 166 valence electrons. The molecule has 0 radical (unpaired) electrons. The molecule has 31 heavy (non-hydrogen) atoms. The van der Waals surface area contributed by atoms with Gasteiger partial charge in [-0.05, 0) is 42.8 Å². The maximum Gasteiger partial charge on any atom is 0.416 e. The van der Waals surface area contributed by atoms with Crippen molar-refractivity contribution in [3.8, 4) is 11.5 Å². The molecule has 1 saturated heterocycles. The van der Waals surface area contributed by atoms with Crippen molar-refractivity contribution < 1.29 is 32.2 Å². The Kier molecular flexibility index (Phi) is 6.72. The molecular weight excluding hydrogens is 413 g/mol. The van der Waals surface area contributed by atoms with Crippen molar-refractivity contribution in [2.45, 2.75) is 12.6 Å². The van der Waals surface area contributed by atoms with Crippen LogP contribution in [0, 0.1) is 0 Å². The van der Waals surface area contributed by atoms with E-state index in [1.165, 1.54) is 26.4 Å². The van der Waals surface area contributed by atoms with E-state index in [9.17, 15) is 22.8 Å². The first kappa shape index (κ1) is 22.5. The third kappa shape index (κ3) is 5.28.